The van der Waals surface area contributed by atoms with E-state index in [9.17, 15) is 13.6 Å². The van der Waals surface area contributed by atoms with Gasteiger partial charge in [-0.1, -0.05) is 6.07 Å². The zero-order chi connectivity index (χ0) is 18.8. The molecule has 134 valence electrons. The number of carbonyl (C=O) groups excluding carboxylic acids is 1. The number of carbonyl (C=O) groups is 1. The van der Waals surface area contributed by atoms with Gasteiger partial charge in [-0.3, -0.25) is 9.72 Å². The Morgan fingerprint density at radius 2 is 1.52 bits per heavy atom. The van der Waals surface area contributed by atoms with Gasteiger partial charge in [0.1, 0.15) is 28.8 Å². The Hall–Kier alpha value is -3.74. The largest absolute Gasteiger partial charge is 0.324 e. The number of nitrogens with zero attached hydrogens (tertiary/aromatic N) is 2. The van der Waals surface area contributed by atoms with Crippen LogP contribution in [-0.4, -0.2) is 15.4 Å². The first-order valence-corrected chi connectivity index (χ1v) is 8.17. The lowest BCUT2D eigenvalue weighted by Crippen LogP contribution is -2.20. The van der Waals surface area contributed by atoms with Crippen LogP contribution in [0.3, 0.4) is 0 Å². The minimum absolute atomic E-state index is 0.355. The van der Waals surface area contributed by atoms with E-state index in [1.165, 1.54) is 36.4 Å². The van der Waals surface area contributed by atoms with Gasteiger partial charge < -0.3 is 5.32 Å². The van der Waals surface area contributed by atoms with Crippen LogP contribution in [0.1, 0.15) is 0 Å². The molecule has 0 aliphatic rings. The maximum Gasteiger partial charge on any atom is 0.324 e. The number of imidazole rings is 1. The second kappa shape index (κ2) is 6.87. The van der Waals surface area contributed by atoms with Gasteiger partial charge in [-0.2, -0.15) is 0 Å². The average Bonchev–Trinajstić information content (AvgIpc) is 3.03. The highest BCUT2D eigenvalue weighted by Crippen LogP contribution is 2.29. The number of rotatable bonds is 3. The van der Waals surface area contributed by atoms with Crippen molar-refractivity contribution in [2.24, 2.45) is 0 Å². The summed E-state index contributed by atoms with van der Waals surface area (Å²) < 4.78 is 28.0. The Bertz CT molecular complexity index is 1110. The van der Waals surface area contributed by atoms with Crippen LogP contribution in [0.15, 0.2) is 72.9 Å². The summed E-state index contributed by atoms with van der Waals surface area (Å²) in [7, 11) is 0. The lowest BCUT2D eigenvalue weighted by atomic mass is 10.1. The second-order valence-corrected chi connectivity index (χ2v) is 5.83. The normalized spacial score (nSPS) is 10.7. The van der Waals surface area contributed by atoms with Crippen molar-refractivity contribution in [1.82, 2.24) is 9.38 Å². The highest BCUT2D eigenvalue weighted by Gasteiger charge is 2.16. The monoisotopic (exact) mass is 364 g/mol. The molecular formula is C20H14F2N4O. The number of nitrogens with one attached hydrogen (secondary N) is 2. The number of aromatic nitrogens is 2. The molecule has 0 aliphatic heterocycles. The van der Waals surface area contributed by atoms with Crippen molar-refractivity contribution in [3.63, 3.8) is 0 Å². The quantitative estimate of drug-likeness (QED) is 0.542. The van der Waals surface area contributed by atoms with Gasteiger partial charge in [-0.25, -0.2) is 18.6 Å². The standard InChI is InChI=1S/C20H14F2N4O/c21-14-6-4-13(5-7-14)18-19(26-12-2-1-3-17(26)24-18)25-20(27)23-16-10-8-15(22)9-11-16/h1-12H,(H2,23,25,27). The first-order chi connectivity index (χ1) is 13.1. The molecule has 2 amide bonds. The molecule has 0 atom stereocenters. The molecule has 0 saturated heterocycles. The molecule has 2 N–H and O–H groups in total. The summed E-state index contributed by atoms with van der Waals surface area (Å²) in [6.07, 6.45) is 1.77. The molecular weight excluding hydrogens is 350 g/mol. The highest BCUT2D eigenvalue weighted by molar-refractivity contribution is 6.01. The van der Waals surface area contributed by atoms with Gasteiger partial charge in [0.25, 0.3) is 0 Å². The van der Waals surface area contributed by atoms with E-state index < -0.39 is 6.03 Å². The van der Waals surface area contributed by atoms with Crippen LogP contribution in [0.2, 0.25) is 0 Å². The van der Waals surface area contributed by atoms with Gasteiger partial charge >= 0.3 is 6.03 Å². The molecule has 2 aromatic carbocycles. The molecule has 2 heterocycles. The number of amides is 2. The van der Waals surface area contributed by atoms with E-state index in [1.807, 2.05) is 12.1 Å². The lowest BCUT2D eigenvalue weighted by Gasteiger charge is -2.09. The smallest absolute Gasteiger partial charge is 0.308 e. The van der Waals surface area contributed by atoms with E-state index in [0.29, 0.717) is 28.4 Å². The van der Waals surface area contributed by atoms with E-state index in [1.54, 1.807) is 28.8 Å². The Morgan fingerprint density at radius 3 is 2.22 bits per heavy atom. The van der Waals surface area contributed by atoms with Crippen molar-refractivity contribution in [1.29, 1.82) is 0 Å². The van der Waals surface area contributed by atoms with E-state index >= 15 is 0 Å². The minimum atomic E-state index is -0.504. The third kappa shape index (κ3) is 3.48. The Kier molecular flexibility index (Phi) is 4.25. The molecule has 0 spiro atoms. The summed E-state index contributed by atoms with van der Waals surface area (Å²) in [6.45, 7) is 0. The Balaban J connectivity index is 1.69. The molecule has 0 radical (unpaired) electrons. The van der Waals surface area contributed by atoms with Crippen molar-refractivity contribution in [2.45, 2.75) is 0 Å². The second-order valence-electron chi connectivity index (χ2n) is 5.83. The molecule has 0 saturated carbocycles. The van der Waals surface area contributed by atoms with Crippen LogP contribution in [-0.2, 0) is 0 Å². The number of hydrogen-bond acceptors (Lipinski definition) is 2. The first-order valence-electron chi connectivity index (χ1n) is 8.17. The third-order valence-corrected chi connectivity index (χ3v) is 3.98. The highest BCUT2D eigenvalue weighted by atomic mass is 19.1. The maximum absolute atomic E-state index is 13.3. The molecule has 4 aromatic rings. The summed E-state index contributed by atoms with van der Waals surface area (Å²) in [4.78, 5) is 17.0. The number of anilines is 2. The van der Waals surface area contributed by atoms with E-state index in [0.717, 1.165) is 0 Å². The number of hydrogen-bond donors (Lipinski definition) is 2. The van der Waals surface area contributed by atoms with Crippen LogP contribution in [0, 0.1) is 11.6 Å². The molecule has 5 nitrogen and oxygen atoms in total. The third-order valence-electron chi connectivity index (χ3n) is 3.98. The van der Waals surface area contributed by atoms with Gasteiger partial charge in [0, 0.05) is 17.4 Å². The maximum atomic E-state index is 13.3. The van der Waals surface area contributed by atoms with Crippen LogP contribution < -0.4 is 10.6 Å². The van der Waals surface area contributed by atoms with Gasteiger partial charge in [-0.05, 0) is 60.7 Å². The van der Waals surface area contributed by atoms with Crippen molar-refractivity contribution in [3.05, 3.63) is 84.6 Å². The lowest BCUT2D eigenvalue weighted by molar-refractivity contribution is 0.262. The van der Waals surface area contributed by atoms with E-state index in [2.05, 4.69) is 15.6 Å². The van der Waals surface area contributed by atoms with Crippen LogP contribution >= 0.6 is 0 Å². The number of halogens is 2. The van der Waals surface area contributed by atoms with Crippen molar-refractivity contribution in [3.8, 4) is 11.3 Å². The molecule has 4 rings (SSSR count). The number of pyridine rings is 1. The SMILES string of the molecule is O=C(Nc1ccc(F)cc1)Nc1c(-c2ccc(F)cc2)nc2ccccn12. The summed E-state index contributed by atoms with van der Waals surface area (Å²) in [5, 5.41) is 5.41. The fraction of sp³-hybridized carbons (Fsp3) is 0. The molecule has 0 bridgehead atoms. The minimum Gasteiger partial charge on any atom is -0.308 e. The van der Waals surface area contributed by atoms with Crippen molar-refractivity contribution in [2.75, 3.05) is 10.6 Å². The van der Waals surface area contributed by atoms with Gasteiger partial charge in [0.05, 0.1) is 0 Å². The zero-order valence-corrected chi connectivity index (χ0v) is 14.0. The Labute approximate surface area is 153 Å². The topological polar surface area (TPSA) is 58.4 Å². The van der Waals surface area contributed by atoms with E-state index in [-0.39, 0.29) is 11.6 Å². The van der Waals surface area contributed by atoms with Gasteiger partial charge in [0.15, 0.2) is 0 Å². The summed E-state index contributed by atoms with van der Waals surface area (Å²) >= 11 is 0. The molecule has 27 heavy (non-hydrogen) atoms. The molecule has 7 heteroatoms. The van der Waals surface area contributed by atoms with Crippen molar-refractivity contribution < 1.29 is 13.6 Å². The number of fused-ring (bicyclic) bond motifs is 1. The fourth-order valence-electron chi connectivity index (χ4n) is 2.73. The van der Waals surface area contributed by atoms with Gasteiger partial charge in [0.2, 0.25) is 0 Å². The first kappa shape index (κ1) is 16.7. The summed E-state index contributed by atoms with van der Waals surface area (Å²) in [5.41, 5.74) is 2.26. The van der Waals surface area contributed by atoms with E-state index in [4.69, 9.17) is 0 Å². The average molecular weight is 364 g/mol. The predicted molar refractivity (Wildman–Crippen MR) is 99.6 cm³/mol. The fourth-order valence-corrected chi connectivity index (χ4v) is 2.73. The molecule has 0 unspecified atom stereocenters. The van der Waals surface area contributed by atoms with Gasteiger partial charge in [-0.15, -0.1) is 0 Å². The van der Waals surface area contributed by atoms with Crippen LogP contribution in [0.25, 0.3) is 16.9 Å². The van der Waals surface area contributed by atoms with Crippen molar-refractivity contribution >= 4 is 23.2 Å². The van der Waals surface area contributed by atoms with Crippen LogP contribution in [0.5, 0.6) is 0 Å². The molecule has 0 aliphatic carbocycles. The van der Waals surface area contributed by atoms with Crippen LogP contribution in [0.4, 0.5) is 25.1 Å². The summed E-state index contributed by atoms with van der Waals surface area (Å²) in [6, 6.07) is 16.2. The molecule has 0 fully saturated rings. The Morgan fingerprint density at radius 1 is 0.852 bits per heavy atom. The predicted octanol–water partition coefficient (Wildman–Crippen LogP) is 4.92. The number of benzene rings is 2. The zero-order valence-electron chi connectivity index (χ0n) is 14.0. The number of urea groups is 1. The molecule has 2 aromatic heterocycles. The summed E-state index contributed by atoms with van der Waals surface area (Å²) in [5.74, 6) is -0.302.